The number of nitrogens with zero attached hydrogens (tertiary/aromatic N) is 6. The Labute approximate surface area is 112 Å². The van der Waals surface area contributed by atoms with Crippen LogP contribution in [0.4, 0.5) is 0 Å². The van der Waals surface area contributed by atoms with Gasteiger partial charge < -0.3 is 0 Å². The second-order valence-corrected chi connectivity index (χ2v) is 4.90. The maximum atomic E-state index is 4.46. The van der Waals surface area contributed by atoms with Crippen LogP contribution in [0.1, 0.15) is 43.3 Å². The number of rotatable bonds is 4. The molecule has 1 N–H and O–H groups in total. The smallest absolute Gasteiger partial charge is 0.167 e. The summed E-state index contributed by atoms with van der Waals surface area (Å²) in [4.78, 5) is 11.2. The highest BCUT2D eigenvalue weighted by Crippen LogP contribution is 2.30. The summed E-state index contributed by atoms with van der Waals surface area (Å²) in [6, 6.07) is 0.298. The third kappa shape index (κ3) is 2.37. The average molecular weight is 261 g/mol. The first-order chi connectivity index (χ1) is 9.28. The molecule has 3 heterocycles. The van der Waals surface area contributed by atoms with E-state index in [0.717, 1.165) is 43.5 Å². The van der Waals surface area contributed by atoms with Crippen molar-refractivity contribution >= 4 is 0 Å². The Hall–Kier alpha value is -1.76. The largest absolute Gasteiger partial charge is 0.286 e. The predicted octanol–water partition coefficient (Wildman–Crippen LogP) is 1.06. The van der Waals surface area contributed by atoms with Gasteiger partial charge in [0.05, 0.1) is 12.6 Å². The van der Waals surface area contributed by atoms with E-state index in [1.54, 1.807) is 6.33 Å². The summed E-state index contributed by atoms with van der Waals surface area (Å²) in [5.74, 6) is 2.79. The van der Waals surface area contributed by atoms with Crippen molar-refractivity contribution in [2.45, 2.75) is 45.8 Å². The van der Waals surface area contributed by atoms with Crippen LogP contribution in [0.2, 0.25) is 0 Å². The molecule has 0 radical (unpaired) electrons. The molecular weight excluding hydrogens is 242 g/mol. The minimum Gasteiger partial charge on any atom is -0.286 e. The molecular formula is C12H19N7. The summed E-state index contributed by atoms with van der Waals surface area (Å²) < 4.78 is 1.94. The van der Waals surface area contributed by atoms with Gasteiger partial charge in [-0.2, -0.15) is 10.2 Å². The SMILES string of the molecule is CCn1ncnc1CN1CCCC1c1n[nH]c(C)n1. The Morgan fingerprint density at radius 3 is 3.11 bits per heavy atom. The fourth-order valence-electron chi connectivity index (χ4n) is 2.67. The zero-order chi connectivity index (χ0) is 13.2. The van der Waals surface area contributed by atoms with E-state index in [9.17, 15) is 0 Å². The Kier molecular flexibility index (Phi) is 3.29. The van der Waals surface area contributed by atoms with Gasteiger partial charge in [0.2, 0.25) is 0 Å². The van der Waals surface area contributed by atoms with Crippen molar-refractivity contribution in [2.75, 3.05) is 6.54 Å². The van der Waals surface area contributed by atoms with E-state index in [0.29, 0.717) is 6.04 Å². The number of nitrogens with one attached hydrogen (secondary N) is 1. The van der Waals surface area contributed by atoms with Crippen LogP contribution in [0, 0.1) is 6.92 Å². The van der Waals surface area contributed by atoms with Crippen LogP contribution in [0.3, 0.4) is 0 Å². The predicted molar refractivity (Wildman–Crippen MR) is 69.2 cm³/mol. The topological polar surface area (TPSA) is 75.5 Å². The molecule has 0 aromatic carbocycles. The third-order valence-corrected chi connectivity index (χ3v) is 3.62. The van der Waals surface area contributed by atoms with Gasteiger partial charge in [0.15, 0.2) is 5.82 Å². The van der Waals surface area contributed by atoms with Crippen molar-refractivity contribution < 1.29 is 0 Å². The highest BCUT2D eigenvalue weighted by molar-refractivity contribution is 5.00. The highest BCUT2D eigenvalue weighted by Gasteiger charge is 2.29. The molecule has 0 bridgehead atoms. The van der Waals surface area contributed by atoms with Gasteiger partial charge in [0.1, 0.15) is 18.0 Å². The van der Waals surface area contributed by atoms with Crippen molar-refractivity contribution in [1.29, 1.82) is 0 Å². The molecule has 1 saturated heterocycles. The van der Waals surface area contributed by atoms with Crippen molar-refractivity contribution in [3.05, 3.63) is 23.8 Å². The summed E-state index contributed by atoms with van der Waals surface area (Å²) in [7, 11) is 0. The van der Waals surface area contributed by atoms with Crippen molar-refractivity contribution in [1.82, 2.24) is 34.8 Å². The summed E-state index contributed by atoms with van der Waals surface area (Å²) in [6.45, 7) is 6.75. The standard InChI is InChI=1S/C12H19N7/c1-3-19-11(13-8-14-19)7-18-6-4-5-10(18)12-15-9(2)16-17-12/h8,10H,3-7H2,1-2H3,(H,15,16,17). The second-order valence-electron chi connectivity index (χ2n) is 4.90. The van der Waals surface area contributed by atoms with E-state index in [4.69, 9.17) is 0 Å². The van der Waals surface area contributed by atoms with Crippen LogP contribution in [-0.4, -0.2) is 41.4 Å². The quantitative estimate of drug-likeness (QED) is 0.890. The zero-order valence-corrected chi connectivity index (χ0v) is 11.4. The Morgan fingerprint density at radius 2 is 2.37 bits per heavy atom. The molecule has 0 saturated carbocycles. The Morgan fingerprint density at radius 1 is 1.47 bits per heavy atom. The maximum absolute atomic E-state index is 4.46. The van der Waals surface area contributed by atoms with Crippen LogP contribution >= 0.6 is 0 Å². The van der Waals surface area contributed by atoms with E-state index in [1.165, 1.54) is 6.42 Å². The number of likely N-dealkylation sites (tertiary alicyclic amines) is 1. The van der Waals surface area contributed by atoms with E-state index in [2.05, 4.69) is 37.1 Å². The number of H-pyrrole nitrogens is 1. The van der Waals surface area contributed by atoms with Gasteiger partial charge in [-0.1, -0.05) is 0 Å². The van der Waals surface area contributed by atoms with Crippen LogP contribution < -0.4 is 0 Å². The first-order valence-electron chi connectivity index (χ1n) is 6.77. The number of aromatic nitrogens is 6. The van der Waals surface area contributed by atoms with Gasteiger partial charge >= 0.3 is 0 Å². The van der Waals surface area contributed by atoms with E-state index in [1.807, 2.05) is 11.6 Å². The molecule has 0 amide bonds. The average Bonchev–Trinajstić information content (AvgIpc) is 3.10. The molecule has 1 unspecified atom stereocenters. The molecule has 1 fully saturated rings. The fourth-order valence-corrected chi connectivity index (χ4v) is 2.67. The molecule has 1 aliphatic heterocycles. The molecule has 19 heavy (non-hydrogen) atoms. The second kappa shape index (κ2) is 5.08. The molecule has 1 aliphatic rings. The number of hydrogen-bond acceptors (Lipinski definition) is 5. The summed E-state index contributed by atoms with van der Waals surface area (Å²) in [5.41, 5.74) is 0. The molecule has 2 aromatic rings. The highest BCUT2D eigenvalue weighted by atomic mass is 15.4. The first-order valence-corrected chi connectivity index (χ1v) is 6.77. The molecule has 7 nitrogen and oxygen atoms in total. The van der Waals surface area contributed by atoms with Crippen LogP contribution in [0.5, 0.6) is 0 Å². The van der Waals surface area contributed by atoms with E-state index < -0.39 is 0 Å². The molecule has 102 valence electrons. The van der Waals surface area contributed by atoms with Gasteiger partial charge in [-0.05, 0) is 33.2 Å². The maximum Gasteiger partial charge on any atom is 0.167 e. The van der Waals surface area contributed by atoms with Crippen molar-refractivity contribution in [3.8, 4) is 0 Å². The van der Waals surface area contributed by atoms with Gasteiger partial charge in [-0.25, -0.2) is 14.6 Å². The number of aromatic amines is 1. The lowest BCUT2D eigenvalue weighted by molar-refractivity contribution is 0.230. The lowest BCUT2D eigenvalue weighted by Crippen LogP contribution is -2.25. The van der Waals surface area contributed by atoms with Crippen molar-refractivity contribution in [2.24, 2.45) is 0 Å². The minimum atomic E-state index is 0.298. The minimum absolute atomic E-state index is 0.298. The summed E-state index contributed by atoms with van der Waals surface area (Å²) in [6.07, 6.45) is 3.91. The van der Waals surface area contributed by atoms with E-state index >= 15 is 0 Å². The lowest BCUT2D eigenvalue weighted by Gasteiger charge is -2.21. The summed E-state index contributed by atoms with van der Waals surface area (Å²) >= 11 is 0. The Balaban J connectivity index is 1.76. The fraction of sp³-hybridized carbons (Fsp3) is 0.667. The van der Waals surface area contributed by atoms with E-state index in [-0.39, 0.29) is 0 Å². The monoisotopic (exact) mass is 261 g/mol. The van der Waals surface area contributed by atoms with Crippen LogP contribution in [-0.2, 0) is 13.1 Å². The molecule has 3 rings (SSSR count). The van der Waals surface area contributed by atoms with Crippen molar-refractivity contribution in [3.63, 3.8) is 0 Å². The first kappa shape index (κ1) is 12.3. The lowest BCUT2D eigenvalue weighted by atomic mass is 10.2. The number of hydrogen-bond donors (Lipinski definition) is 1. The molecule has 0 aliphatic carbocycles. The number of aryl methyl sites for hydroxylation is 2. The van der Waals surface area contributed by atoms with Crippen LogP contribution in [0.25, 0.3) is 0 Å². The zero-order valence-electron chi connectivity index (χ0n) is 11.4. The summed E-state index contributed by atoms with van der Waals surface area (Å²) in [5, 5.41) is 11.4. The Bertz CT molecular complexity index is 544. The molecule has 2 aromatic heterocycles. The molecule has 0 spiro atoms. The third-order valence-electron chi connectivity index (χ3n) is 3.62. The van der Waals surface area contributed by atoms with Gasteiger partial charge in [0, 0.05) is 6.54 Å². The van der Waals surface area contributed by atoms with Gasteiger partial charge in [0.25, 0.3) is 0 Å². The normalized spacial score (nSPS) is 20.2. The molecule has 1 atom stereocenters. The van der Waals surface area contributed by atoms with Gasteiger partial charge in [-0.15, -0.1) is 0 Å². The van der Waals surface area contributed by atoms with Gasteiger partial charge in [-0.3, -0.25) is 10.00 Å². The molecule has 7 heteroatoms. The van der Waals surface area contributed by atoms with Crippen LogP contribution in [0.15, 0.2) is 6.33 Å².